The predicted octanol–water partition coefficient (Wildman–Crippen LogP) is 2.88. The maximum Gasteiger partial charge on any atom is 0.231 e. The number of halogens is 1. The first-order valence-electron chi connectivity index (χ1n) is 6.43. The van der Waals surface area contributed by atoms with Gasteiger partial charge >= 0.3 is 0 Å². The molecule has 0 atom stereocenters. The van der Waals surface area contributed by atoms with Crippen molar-refractivity contribution in [2.24, 2.45) is 0 Å². The van der Waals surface area contributed by atoms with E-state index in [0.717, 1.165) is 17.0 Å². The maximum atomic E-state index is 9.69. The van der Waals surface area contributed by atoms with Crippen LogP contribution in [0.5, 0.6) is 11.5 Å². The molecular weight excluding hydrogens is 292 g/mol. The molecule has 0 radical (unpaired) electrons. The Bertz CT molecular complexity index is 844. The fourth-order valence-corrected chi connectivity index (χ4v) is 2.65. The van der Waals surface area contributed by atoms with Crippen molar-refractivity contribution in [2.75, 3.05) is 6.79 Å². The molecule has 1 N–H and O–H groups in total. The molecule has 0 bridgehead atoms. The fourth-order valence-electron chi connectivity index (χ4n) is 2.49. The topological polar surface area (TPSA) is 56.0 Å². The number of pyridine rings is 1. The average Bonchev–Trinajstić information content (AvgIpc) is 3.09. The second kappa shape index (κ2) is 4.65. The van der Waals surface area contributed by atoms with Crippen LogP contribution in [-0.4, -0.2) is 21.3 Å². The van der Waals surface area contributed by atoms with Gasteiger partial charge in [-0.2, -0.15) is 0 Å². The minimum atomic E-state index is -0.134. The molecule has 0 amide bonds. The molecule has 106 valence electrons. The quantitative estimate of drug-likeness (QED) is 0.791. The monoisotopic (exact) mass is 302 g/mol. The Labute approximate surface area is 125 Å². The zero-order valence-electron chi connectivity index (χ0n) is 10.9. The first-order valence-corrected chi connectivity index (χ1v) is 6.81. The number of ether oxygens (including phenoxy) is 2. The second-order valence-corrected chi connectivity index (χ2v) is 5.15. The summed E-state index contributed by atoms with van der Waals surface area (Å²) in [4.78, 5) is 4.57. The number of hydrogen-bond donors (Lipinski definition) is 1. The lowest BCUT2D eigenvalue weighted by molar-refractivity contribution is 0.174. The zero-order valence-corrected chi connectivity index (χ0v) is 11.7. The van der Waals surface area contributed by atoms with E-state index in [-0.39, 0.29) is 13.4 Å². The number of rotatable bonds is 2. The number of fused-ring (bicyclic) bond motifs is 2. The third kappa shape index (κ3) is 1.93. The molecule has 1 aromatic carbocycles. The smallest absolute Gasteiger partial charge is 0.231 e. The fraction of sp³-hybridized carbons (Fsp3) is 0.133. The van der Waals surface area contributed by atoms with Gasteiger partial charge in [-0.1, -0.05) is 11.6 Å². The second-order valence-electron chi connectivity index (χ2n) is 4.71. The molecule has 6 heteroatoms. The van der Waals surface area contributed by atoms with E-state index in [2.05, 4.69) is 4.98 Å². The molecule has 0 fully saturated rings. The van der Waals surface area contributed by atoms with E-state index in [1.165, 1.54) is 0 Å². The lowest BCUT2D eigenvalue weighted by Crippen LogP contribution is -1.94. The molecule has 0 aliphatic carbocycles. The molecule has 0 spiro atoms. The number of imidazole rings is 1. The molecular formula is C15H11ClN2O3. The summed E-state index contributed by atoms with van der Waals surface area (Å²) in [7, 11) is 0. The molecule has 5 nitrogen and oxygen atoms in total. The van der Waals surface area contributed by atoms with Crippen LogP contribution in [0.4, 0.5) is 0 Å². The standard InChI is InChI=1S/C15H11ClN2O3/c16-10-2-4-14-17-15(11(7-19)18(14)6-10)9-1-3-12-13(5-9)21-8-20-12/h1-6,19H,7-8H2. The lowest BCUT2D eigenvalue weighted by atomic mass is 10.1. The summed E-state index contributed by atoms with van der Waals surface area (Å²) in [6, 6.07) is 9.20. The van der Waals surface area contributed by atoms with Gasteiger partial charge in [0.2, 0.25) is 6.79 Å². The summed E-state index contributed by atoms with van der Waals surface area (Å²) in [6.45, 7) is 0.0949. The summed E-state index contributed by atoms with van der Waals surface area (Å²) in [5.41, 5.74) is 2.99. The van der Waals surface area contributed by atoms with Gasteiger partial charge in [0.25, 0.3) is 0 Å². The Hall–Kier alpha value is -2.24. The first-order chi connectivity index (χ1) is 10.3. The van der Waals surface area contributed by atoms with Crippen LogP contribution < -0.4 is 9.47 Å². The molecule has 1 aliphatic rings. The van der Waals surface area contributed by atoms with Crippen molar-refractivity contribution >= 4 is 17.2 Å². The summed E-state index contributed by atoms with van der Waals surface area (Å²) >= 11 is 6.01. The van der Waals surface area contributed by atoms with Crippen LogP contribution in [0.1, 0.15) is 5.69 Å². The van der Waals surface area contributed by atoms with Gasteiger partial charge in [0.15, 0.2) is 11.5 Å². The Morgan fingerprint density at radius 2 is 2.05 bits per heavy atom. The number of benzene rings is 1. The van der Waals surface area contributed by atoms with Crippen LogP contribution in [0.3, 0.4) is 0 Å². The van der Waals surface area contributed by atoms with Crippen LogP contribution in [0.25, 0.3) is 16.9 Å². The minimum absolute atomic E-state index is 0.134. The Balaban J connectivity index is 1.93. The van der Waals surface area contributed by atoms with Gasteiger partial charge in [0, 0.05) is 11.8 Å². The molecule has 3 heterocycles. The van der Waals surface area contributed by atoms with Crippen LogP contribution in [0.2, 0.25) is 5.02 Å². The van der Waals surface area contributed by atoms with E-state index in [4.69, 9.17) is 21.1 Å². The Morgan fingerprint density at radius 3 is 2.90 bits per heavy atom. The van der Waals surface area contributed by atoms with Crippen LogP contribution in [-0.2, 0) is 6.61 Å². The number of aromatic nitrogens is 2. The van der Waals surface area contributed by atoms with Gasteiger partial charge in [-0.05, 0) is 30.3 Å². The lowest BCUT2D eigenvalue weighted by Gasteiger charge is -2.03. The number of hydrogen-bond acceptors (Lipinski definition) is 4. The average molecular weight is 303 g/mol. The SMILES string of the molecule is OCc1c(-c2ccc3c(c2)OCO3)nc2ccc(Cl)cn12. The highest BCUT2D eigenvalue weighted by Gasteiger charge is 2.18. The van der Waals surface area contributed by atoms with Crippen molar-refractivity contribution in [3.8, 4) is 22.8 Å². The van der Waals surface area contributed by atoms with E-state index in [1.54, 1.807) is 16.7 Å². The van der Waals surface area contributed by atoms with Gasteiger partial charge in [0.1, 0.15) is 5.65 Å². The van der Waals surface area contributed by atoms with Crippen LogP contribution >= 0.6 is 11.6 Å². The number of nitrogens with zero attached hydrogens (tertiary/aromatic N) is 2. The van der Waals surface area contributed by atoms with Crippen LogP contribution in [0.15, 0.2) is 36.5 Å². The summed E-state index contributed by atoms with van der Waals surface area (Å²) in [5, 5.41) is 10.3. The van der Waals surface area contributed by atoms with E-state index < -0.39 is 0 Å². The van der Waals surface area contributed by atoms with Crippen molar-refractivity contribution in [1.82, 2.24) is 9.38 Å². The van der Waals surface area contributed by atoms with Gasteiger partial charge in [-0.15, -0.1) is 0 Å². The van der Waals surface area contributed by atoms with Gasteiger partial charge in [0.05, 0.1) is 23.0 Å². The van der Waals surface area contributed by atoms with E-state index in [9.17, 15) is 5.11 Å². The molecule has 0 saturated carbocycles. The summed E-state index contributed by atoms with van der Waals surface area (Å²) in [6.07, 6.45) is 1.74. The first kappa shape index (κ1) is 12.5. The summed E-state index contributed by atoms with van der Waals surface area (Å²) in [5.74, 6) is 1.41. The van der Waals surface area contributed by atoms with Gasteiger partial charge in [-0.25, -0.2) is 4.98 Å². The van der Waals surface area contributed by atoms with E-state index >= 15 is 0 Å². The Kier molecular flexibility index (Phi) is 2.77. The van der Waals surface area contributed by atoms with Crippen molar-refractivity contribution in [3.63, 3.8) is 0 Å². The van der Waals surface area contributed by atoms with E-state index in [1.807, 2.05) is 24.3 Å². The minimum Gasteiger partial charge on any atom is -0.454 e. The van der Waals surface area contributed by atoms with Gasteiger partial charge < -0.3 is 14.6 Å². The molecule has 4 rings (SSSR count). The van der Waals surface area contributed by atoms with Crippen molar-refractivity contribution in [3.05, 3.63) is 47.2 Å². The highest BCUT2D eigenvalue weighted by molar-refractivity contribution is 6.30. The predicted molar refractivity (Wildman–Crippen MR) is 77.7 cm³/mol. The highest BCUT2D eigenvalue weighted by Crippen LogP contribution is 2.36. The third-order valence-corrected chi connectivity index (χ3v) is 3.70. The molecule has 1 aliphatic heterocycles. The molecule has 3 aromatic rings. The largest absolute Gasteiger partial charge is 0.454 e. The number of aliphatic hydroxyl groups is 1. The van der Waals surface area contributed by atoms with E-state index in [0.29, 0.717) is 22.2 Å². The normalized spacial score (nSPS) is 13.0. The zero-order chi connectivity index (χ0) is 14.4. The molecule has 0 unspecified atom stereocenters. The van der Waals surface area contributed by atoms with Crippen molar-refractivity contribution < 1.29 is 14.6 Å². The van der Waals surface area contributed by atoms with Gasteiger partial charge in [-0.3, -0.25) is 4.40 Å². The molecule has 21 heavy (non-hydrogen) atoms. The Morgan fingerprint density at radius 1 is 1.19 bits per heavy atom. The van der Waals surface area contributed by atoms with Crippen LogP contribution in [0, 0.1) is 0 Å². The number of aliphatic hydroxyl groups excluding tert-OH is 1. The van der Waals surface area contributed by atoms with Crippen molar-refractivity contribution in [2.45, 2.75) is 6.61 Å². The summed E-state index contributed by atoms with van der Waals surface area (Å²) < 4.78 is 12.5. The maximum absolute atomic E-state index is 9.69. The highest BCUT2D eigenvalue weighted by atomic mass is 35.5. The third-order valence-electron chi connectivity index (χ3n) is 3.48. The molecule has 0 saturated heterocycles. The van der Waals surface area contributed by atoms with Crippen molar-refractivity contribution in [1.29, 1.82) is 0 Å². The molecule has 2 aromatic heterocycles.